The molecule has 0 unspecified atom stereocenters. The van der Waals surface area contributed by atoms with Gasteiger partial charge in [-0.2, -0.15) is 0 Å². The van der Waals surface area contributed by atoms with Crippen LogP contribution in [0.25, 0.3) is 200 Å². The summed E-state index contributed by atoms with van der Waals surface area (Å²) < 4.78 is 9.59. The highest BCUT2D eigenvalue weighted by molar-refractivity contribution is 6.30. The SMILES string of the molecule is c1ccc(-c2ccc(-c3cc(-c4ccccc4)nc(-c4cccc(-n5c6ccccc6c6c7c8ccccc8n(-c8ccccc8)c7ccc65)c4)n3)cc2)cc1.c1ccc(-c2nc(-c3cccc(-n4c5ccccc5c5c6c7ccccc7n(-c7ccccc7)c6ccc54)c3)cc(-c3ccccc3-c3ccccc3)n2)cc1. The van der Waals surface area contributed by atoms with Gasteiger partial charge >= 0.3 is 0 Å². The lowest BCUT2D eigenvalue weighted by Crippen LogP contribution is -1.98. The normalized spacial score (nSPS) is 11.6. The fraction of sp³-hybridized carbons (Fsp3) is 0. The van der Waals surface area contributed by atoms with Crippen molar-refractivity contribution in [3.63, 3.8) is 0 Å². The molecule has 524 valence electrons. The second-order valence-corrected chi connectivity index (χ2v) is 28.4. The fourth-order valence-electron chi connectivity index (χ4n) is 16.9. The van der Waals surface area contributed by atoms with E-state index in [-0.39, 0.29) is 0 Å². The lowest BCUT2D eigenvalue weighted by Gasteiger charge is -2.14. The molecule has 0 spiro atoms. The maximum Gasteiger partial charge on any atom is 0.160 e. The Kier molecular flexibility index (Phi) is 16.1. The Labute approximate surface area is 646 Å². The first kappa shape index (κ1) is 65.2. The summed E-state index contributed by atoms with van der Waals surface area (Å²) in [6.45, 7) is 0. The minimum atomic E-state index is 0.685. The van der Waals surface area contributed by atoms with E-state index in [0.717, 1.165) is 112 Å². The van der Waals surface area contributed by atoms with E-state index in [1.54, 1.807) is 0 Å². The predicted molar refractivity (Wildman–Crippen MR) is 465 cm³/mol. The zero-order chi connectivity index (χ0) is 74.0. The lowest BCUT2D eigenvalue weighted by atomic mass is 9.96. The van der Waals surface area contributed by atoms with Gasteiger partial charge in [0.25, 0.3) is 0 Å². The molecule has 6 aromatic heterocycles. The van der Waals surface area contributed by atoms with E-state index in [9.17, 15) is 0 Å². The number of para-hydroxylation sites is 6. The summed E-state index contributed by atoms with van der Waals surface area (Å²) >= 11 is 0. The molecule has 0 aliphatic heterocycles. The Hall–Kier alpha value is -15.1. The number of hydrogen-bond acceptors (Lipinski definition) is 4. The van der Waals surface area contributed by atoms with E-state index < -0.39 is 0 Å². The van der Waals surface area contributed by atoms with E-state index in [1.807, 2.05) is 30.3 Å². The molecule has 0 aliphatic carbocycles. The van der Waals surface area contributed by atoms with Crippen molar-refractivity contribution < 1.29 is 0 Å². The number of fused-ring (bicyclic) bond motifs is 14. The number of benzene rings is 16. The Morgan fingerprint density at radius 1 is 0.152 bits per heavy atom. The first-order valence-electron chi connectivity index (χ1n) is 38.0. The topological polar surface area (TPSA) is 71.3 Å². The monoisotopic (exact) mass is 1430 g/mol. The van der Waals surface area contributed by atoms with Gasteiger partial charge < -0.3 is 18.3 Å². The summed E-state index contributed by atoms with van der Waals surface area (Å²) in [6.07, 6.45) is 0. The molecule has 0 fully saturated rings. The van der Waals surface area contributed by atoms with Gasteiger partial charge in [-0.15, -0.1) is 0 Å². The summed E-state index contributed by atoms with van der Waals surface area (Å²) in [6, 6.07) is 146. The third-order valence-electron chi connectivity index (χ3n) is 21.9. The van der Waals surface area contributed by atoms with Crippen molar-refractivity contribution in [2.75, 3.05) is 0 Å². The summed E-state index contributed by atoms with van der Waals surface area (Å²) in [7, 11) is 0. The van der Waals surface area contributed by atoms with Gasteiger partial charge in [-0.05, 0) is 131 Å². The van der Waals surface area contributed by atoms with Crippen LogP contribution in [0, 0.1) is 0 Å². The van der Waals surface area contributed by atoms with Gasteiger partial charge in [0.1, 0.15) is 0 Å². The smallest absolute Gasteiger partial charge is 0.160 e. The van der Waals surface area contributed by atoms with Crippen LogP contribution in [-0.4, -0.2) is 38.2 Å². The molecule has 6 heterocycles. The standard InChI is InChI=1S/2C52H34N4/c1-4-15-35(16-5-1)36-27-29-38(30-28-36)45-34-44(37-17-6-2-7-18-37)53-52(54-45)39-19-14-22-41(33-39)56-47-26-13-11-24-43(47)51-49(56)32-31-48-50(51)42-23-10-12-25-46(42)55(48)40-20-8-3-9-21-40;1-4-17-35(18-5-1)40-25-10-11-26-41(40)45-34-44(53-52(54-45)36-19-6-2-7-20-36)37-21-16-24-39(33-37)56-47-30-15-13-28-43(47)51-49(56)32-31-48-50(51)42-27-12-14-29-46(42)55(48)38-22-8-3-9-23-38/h2*1-34H. The fourth-order valence-corrected chi connectivity index (χ4v) is 16.9. The maximum atomic E-state index is 5.23. The molecule has 0 saturated carbocycles. The Morgan fingerprint density at radius 2 is 0.429 bits per heavy atom. The van der Waals surface area contributed by atoms with Crippen LogP contribution in [-0.2, 0) is 0 Å². The highest BCUT2D eigenvalue weighted by Gasteiger charge is 2.25. The maximum absolute atomic E-state index is 5.23. The van der Waals surface area contributed by atoms with Gasteiger partial charge in [0.15, 0.2) is 11.6 Å². The van der Waals surface area contributed by atoms with Crippen molar-refractivity contribution in [3.05, 3.63) is 413 Å². The summed E-state index contributed by atoms with van der Waals surface area (Å²) in [4.78, 5) is 20.9. The highest BCUT2D eigenvalue weighted by Crippen LogP contribution is 2.46. The Balaban J connectivity index is 0.000000141. The van der Waals surface area contributed by atoms with Crippen LogP contribution in [0.2, 0.25) is 0 Å². The van der Waals surface area contributed by atoms with Gasteiger partial charge in [-0.25, -0.2) is 19.9 Å². The predicted octanol–water partition coefficient (Wildman–Crippen LogP) is 26.7. The lowest BCUT2D eigenvalue weighted by molar-refractivity contribution is 1.16. The molecule has 0 radical (unpaired) electrons. The second-order valence-electron chi connectivity index (χ2n) is 28.4. The molecule has 0 atom stereocenters. The molecule has 0 N–H and O–H groups in total. The van der Waals surface area contributed by atoms with Crippen LogP contribution >= 0.6 is 0 Å². The van der Waals surface area contributed by atoms with Crippen molar-refractivity contribution in [3.8, 4) is 113 Å². The first-order chi connectivity index (χ1) is 55.6. The minimum Gasteiger partial charge on any atom is -0.309 e. The summed E-state index contributed by atoms with van der Waals surface area (Å²) in [5, 5.41) is 9.95. The van der Waals surface area contributed by atoms with Gasteiger partial charge in [0.2, 0.25) is 0 Å². The van der Waals surface area contributed by atoms with Crippen molar-refractivity contribution in [2.45, 2.75) is 0 Å². The van der Waals surface area contributed by atoms with E-state index in [4.69, 9.17) is 19.9 Å². The van der Waals surface area contributed by atoms with Crippen molar-refractivity contribution >= 4 is 87.2 Å². The van der Waals surface area contributed by atoms with Crippen LogP contribution in [0.3, 0.4) is 0 Å². The average molecular weight is 1430 g/mol. The number of nitrogens with zero attached hydrogens (tertiary/aromatic N) is 8. The van der Waals surface area contributed by atoms with E-state index in [2.05, 4.69) is 400 Å². The van der Waals surface area contributed by atoms with Gasteiger partial charge in [-0.3, -0.25) is 0 Å². The molecule has 112 heavy (non-hydrogen) atoms. The van der Waals surface area contributed by atoms with Crippen LogP contribution in [0.15, 0.2) is 413 Å². The molecule has 8 nitrogen and oxygen atoms in total. The number of hydrogen-bond donors (Lipinski definition) is 0. The van der Waals surface area contributed by atoms with Crippen LogP contribution in [0.4, 0.5) is 0 Å². The van der Waals surface area contributed by atoms with Crippen molar-refractivity contribution in [2.24, 2.45) is 0 Å². The zero-order valence-corrected chi connectivity index (χ0v) is 60.8. The van der Waals surface area contributed by atoms with Gasteiger partial charge in [0.05, 0.1) is 66.9 Å². The second kappa shape index (κ2) is 27.6. The van der Waals surface area contributed by atoms with Gasteiger partial charge in [-0.1, -0.05) is 303 Å². The number of aromatic nitrogens is 8. The van der Waals surface area contributed by atoms with Crippen molar-refractivity contribution in [1.82, 2.24) is 38.2 Å². The molecular formula is C104H68N8. The molecule has 22 rings (SSSR count). The molecule has 22 aromatic rings. The average Bonchev–Trinajstić information content (AvgIpc) is 1.55. The van der Waals surface area contributed by atoms with Crippen LogP contribution < -0.4 is 0 Å². The van der Waals surface area contributed by atoms with Crippen LogP contribution in [0.1, 0.15) is 0 Å². The quantitative estimate of drug-likeness (QED) is 0.122. The molecule has 0 aliphatic rings. The third kappa shape index (κ3) is 11.3. The molecule has 16 aromatic carbocycles. The minimum absolute atomic E-state index is 0.685. The highest BCUT2D eigenvalue weighted by atomic mass is 15.0. The summed E-state index contributed by atoms with van der Waals surface area (Å²) in [5.41, 5.74) is 28.1. The van der Waals surface area contributed by atoms with E-state index in [0.29, 0.717) is 11.6 Å². The zero-order valence-electron chi connectivity index (χ0n) is 60.8. The number of rotatable bonds is 12. The Bertz CT molecular complexity index is 7330. The molecule has 0 amide bonds. The Morgan fingerprint density at radius 3 is 0.884 bits per heavy atom. The largest absolute Gasteiger partial charge is 0.309 e. The van der Waals surface area contributed by atoms with Gasteiger partial charge in [0, 0.05) is 99.2 Å². The molecule has 0 saturated heterocycles. The summed E-state index contributed by atoms with van der Waals surface area (Å²) in [5.74, 6) is 1.38. The van der Waals surface area contributed by atoms with E-state index >= 15 is 0 Å². The van der Waals surface area contributed by atoms with Crippen LogP contribution in [0.5, 0.6) is 0 Å². The molecule has 0 bridgehead atoms. The molecule has 8 heteroatoms. The molecular weight excluding hydrogens is 1360 g/mol. The van der Waals surface area contributed by atoms with Crippen molar-refractivity contribution in [1.29, 1.82) is 0 Å². The first-order valence-corrected chi connectivity index (χ1v) is 38.0. The third-order valence-corrected chi connectivity index (χ3v) is 21.9. The van der Waals surface area contributed by atoms with E-state index in [1.165, 1.54) is 76.3 Å².